The lowest BCUT2D eigenvalue weighted by Crippen LogP contribution is -2.07. The molecule has 2 rings (SSSR count). The highest BCUT2D eigenvalue weighted by molar-refractivity contribution is 5.11. The fourth-order valence-electron chi connectivity index (χ4n) is 0.864. The van der Waals surface area contributed by atoms with E-state index >= 15 is 0 Å². The monoisotopic (exact) mass is 181 g/mol. The van der Waals surface area contributed by atoms with Crippen molar-refractivity contribution >= 4 is 5.95 Å². The summed E-state index contributed by atoms with van der Waals surface area (Å²) in [7, 11) is 0. The summed E-state index contributed by atoms with van der Waals surface area (Å²) in [6.45, 7) is 2.02. The number of tetrazole rings is 1. The fraction of sp³-hybridized carbons (Fsp3) is 0.400. The van der Waals surface area contributed by atoms with Gasteiger partial charge in [0.05, 0.1) is 0 Å². The number of nitrogens with two attached hydrogens (primary N) is 1. The zero-order chi connectivity index (χ0) is 9.26. The molecule has 0 bridgehead atoms. The molecule has 0 unspecified atom stereocenters. The van der Waals surface area contributed by atoms with Crippen LogP contribution in [-0.2, 0) is 6.54 Å². The molecule has 0 aliphatic rings. The minimum atomic E-state index is 0.224. The smallest absolute Gasteiger partial charge is 0.240 e. The molecule has 0 aromatic carbocycles. The van der Waals surface area contributed by atoms with E-state index in [4.69, 9.17) is 10.3 Å². The molecule has 8 nitrogen and oxygen atoms in total. The van der Waals surface area contributed by atoms with Crippen LogP contribution < -0.4 is 5.73 Å². The second-order valence-corrected chi connectivity index (χ2v) is 2.42. The topological polar surface area (TPSA) is 109 Å². The maximum absolute atomic E-state index is 5.44. The third-order valence-electron chi connectivity index (χ3n) is 1.42. The normalized spacial score (nSPS) is 10.5. The van der Waals surface area contributed by atoms with Crippen molar-refractivity contribution in [3.63, 3.8) is 0 Å². The lowest BCUT2D eigenvalue weighted by atomic mass is 10.6. The highest BCUT2D eigenvalue weighted by atomic mass is 16.5. The van der Waals surface area contributed by atoms with Gasteiger partial charge in [-0.05, 0) is 10.4 Å². The SMILES string of the molecule is Cc1nc(Cn2nnnc2N)no1. The average Bonchev–Trinajstić information content (AvgIpc) is 2.64. The predicted molar refractivity (Wildman–Crippen MR) is 40.4 cm³/mol. The van der Waals surface area contributed by atoms with Gasteiger partial charge >= 0.3 is 0 Å². The van der Waals surface area contributed by atoms with Crippen LogP contribution in [0.1, 0.15) is 11.7 Å². The van der Waals surface area contributed by atoms with E-state index in [1.54, 1.807) is 6.92 Å². The highest BCUT2D eigenvalue weighted by Crippen LogP contribution is 1.99. The summed E-state index contributed by atoms with van der Waals surface area (Å²) in [5.41, 5.74) is 5.44. The second-order valence-electron chi connectivity index (χ2n) is 2.42. The summed E-state index contributed by atoms with van der Waals surface area (Å²) < 4.78 is 6.15. The van der Waals surface area contributed by atoms with Crippen LogP contribution in [0.5, 0.6) is 0 Å². The van der Waals surface area contributed by atoms with E-state index in [1.165, 1.54) is 4.68 Å². The second kappa shape index (κ2) is 2.81. The van der Waals surface area contributed by atoms with Gasteiger partial charge < -0.3 is 10.3 Å². The van der Waals surface area contributed by atoms with Crippen LogP contribution in [0.2, 0.25) is 0 Å². The Morgan fingerprint density at radius 3 is 2.92 bits per heavy atom. The first kappa shape index (κ1) is 7.65. The van der Waals surface area contributed by atoms with Crippen molar-refractivity contribution in [2.24, 2.45) is 0 Å². The first-order valence-electron chi connectivity index (χ1n) is 3.56. The molecule has 0 saturated carbocycles. The van der Waals surface area contributed by atoms with Gasteiger partial charge in [-0.15, -0.1) is 0 Å². The van der Waals surface area contributed by atoms with E-state index in [1.807, 2.05) is 0 Å². The van der Waals surface area contributed by atoms with Crippen molar-refractivity contribution in [2.75, 3.05) is 5.73 Å². The van der Waals surface area contributed by atoms with Crippen molar-refractivity contribution in [1.82, 2.24) is 30.3 Å². The quantitative estimate of drug-likeness (QED) is 0.632. The van der Waals surface area contributed by atoms with Gasteiger partial charge in [0.2, 0.25) is 11.8 Å². The number of nitrogen functional groups attached to an aromatic ring is 1. The molecule has 68 valence electrons. The number of aromatic nitrogens is 6. The third kappa shape index (κ3) is 1.45. The molecule has 0 atom stereocenters. The van der Waals surface area contributed by atoms with Gasteiger partial charge in [0.15, 0.2) is 5.82 Å². The Morgan fingerprint density at radius 2 is 2.38 bits per heavy atom. The first-order valence-corrected chi connectivity index (χ1v) is 3.56. The molecule has 0 amide bonds. The summed E-state index contributed by atoms with van der Waals surface area (Å²) in [5.74, 6) is 1.22. The van der Waals surface area contributed by atoms with E-state index in [2.05, 4.69) is 25.7 Å². The van der Waals surface area contributed by atoms with Crippen LogP contribution in [0.4, 0.5) is 5.95 Å². The Labute approximate surface area is 72.7 Å². The third-order valence-corrected chi connectivity index (χ3v) is 1.42. The van der Waals surface area contributed by atoms with Gasteiger partial charge in [-0.25, -0.2) is 4.68 Å². The molecule has 0 fully saturated rings. The van der Waals surface area contributed by atoms with Gasteiger partial charge in [-0.2, -0.15) is 4.98 Å². The standard InChI is InChI=1S/C5H7N7O/c1-3-7-4(9-13-3)2-12-5(6)8-10-11-12/h2H2,1H3,(H2,6,8,11). The van der Waals surface area contributed by atoms with Gasteiger partial charge in [-0.1, -0.05) is 10.3 Å². The van der Waals surface area contributed by atoms with E-state index in [0.29, 0.717) is 18.3 Å². The molecule has 2 N–H and O–H groups in total. The lowest BCUT2D eigenvalue weighted by molar-refractivity contribution is 0.385. The van der Waals surface area contributed by atoms with Crippen molar-refractivity contribution in [2.45, 2.75) is 13.5 Å². The molecule has 8 heteroatoms. The molecular formula is C5H7N7O. The lowest BCUT2D eigenvalue weighted by Gasteiger charge is -1.93. The number of hydrogen-bond acceptors (Lipinski definition) is 7. The molecule has 0 spiro atoms. The summed E-state index contributed by atoms with van der Waals surface area (Å²) in [6.07, 6.45) is 0. The van der Waals surface area contributed by atoms with Crippen LogP contribution in [0.3, 0.4) is 0 Å². The maximum Gasteiger partial charge on any atom is 0.240 e. The average molecular weight is 181 g/mol. The molecule has 0 saturated heterocycles. The molecule has 13 heavy (non-hydrogen) atoms. The Bertz CT molecular complexity index is 404. The Kier molecular flexibility index (Phi) is 1.65. The predicted octanol–water partition coefficient (Wildman–Crippen LogP) is -1.00. The summed E-state index contributed by atoms with van der Waals surface area (Å²) in [6, 6.07) is 0. The molecule has 0 radical (unpaired) electrons. The van der Waals surface area contributed by atoms with Gasteiger partial charge in [0.25, 0.3) is 0 Å². The molecule has 0 aliphatic carbocycles. The number of anilines is 1. The zero-order valence-electron chi connectivity index (χ0n) is 6.88. The Hall–Kier alpha value is -1.99. The van der Waals surface area contributed by atoms with Crippen molar-refractivity contribution in [3.05, 3.63) is 11.7 Å². The van der Waals surface area contributed by atoms with Crippen LogP contribution in [0.15, 0.2) is 4.52 Å². The molecule has 2 heterocycles. The Balaban J connectivity index is 2.19. The van der Waals surface area contributed by atoms with E-state index in [-0.39, 0.29) is 5.95 Å². The van der Waals surface area contributed by atoms with Gasteiger partial charge in [0.1, 0.15) is 6.54 Å². The first-order chi connectivity index (χ1) is 6.25. The van der Waals surface area contributed by atoms with Crippen molar-refractivity contribution in [3.8, 4) is 0 Å². The number of rotatable bonds is 2. The Morgan fingerprint density at radius 1 is 1.54 bits per heavy atom. The molecule has 0 aliphatic heterocycles. The summed E-state index contributed by atoms with van der Waals surface area (Å²) in [4.78, 5) is 3.98. The number of nitrogens with zero attached hydrogens (tertiary/aromatic N) is 6. The van der Waals surface area contributed by atoms with Gasteiger partial charge in [-0.3, -0.25) is 0 Å². The van der Waals surface area contributed by atoms with Crippen molar-refractivity contribution < 1.29 is 4.52 Å². The van der Waals surface area contributed by atoms with Crippen molar-refractivity contribution in [1.29, 1.82) is 0 Å². The van der Waals surface area contributed by atoms with E-state index in [0.717, 1.165) is 0 Å². The van der Waals surface area contributed by atoms with E-state index < -0.39 is 0 Å². The minimum Gasteiger partial charge on any atom is -0.367 e. The minimum absolute atomic E-state index is 0.224. The largest absolute Gasteiger partial charge is 0.367 e. The zero-order valence-corrected chi connectivity index (χ0v) is 6.88. The number of hydrogen-bond donors (Lipinski definition) is 1. The van der Waals surface area contributed by atoms with Crippen LogP contribution in [0, 0.1) is 6.92 Å². The highest BCUT2D eigenvalue weighted by Gasteiger charge is 2.06. The van der Waals surface area contributed by atoms with Gasteiger partial charge in [0, 0.05) is 6.92 Å². The molecular weight excluding hydrogens is 174 g/mol. The molecule has 2 aromatic rings. The summed E-state index contributed by atoms with van der Waals surface area (Å²) in [5, 5.41) is 14.2. The van der Waals surface area contributed by atoms with Crippen LogP contribution in [0.25, 0.3) is 0 Å². The summed E-state index contributed by atoms with van der Waals surface area (Å²) >= 11 is 0. The molecule has 2 aromatic heterocycles. The van der Waals surface area contributed by atoms with E-state index in [9.17, 15) is 0 Å². The fourth-order valence-corrected chi connectivity index (χ4v) is 0.864. The number of aryl methyl sites for hydroxylation is 1. The van der Waals surface area contributed by atoms with Crippen LogP contribution in [-0.4, -0.2) is 30.3 Å². The van der Waals surface area contributed by atoms with Crippen LogP contribution >= 0.6 is 0 Å². The maximum atomic E-state index is 5.44.